The van der Waals surface area contributed by atoms with E-state index in [4.69, 9.17) is 4.74 Å². The summed E-state index contributed by atoms with van der Waals surface area (Å²) in [4.78, 5) is 24.8. The average Bonchev–Trinajstić information content (AvgIpc) is 2.90. The number of carboxylic acids is 1. The van der Waals surface area contributed by atoms with Crippen molar-refractivity contribution in [3.05, 3.63) is 88.0 Å². The Bertz CT molecular complexity index is 1450. The fourth-order valence-corrected chi connectivity index (χ4v) is 4.07. The van der Waals surface area contributed by atoms with E-state index in [9.17, 15) is 54.2 Å². The number of amides is 1. The molecule has 3 aromatic rings. The van der Waals surface area contributed by atoms with Crippen LogP contribution in [0.4, 0.5) is 44.3 Å². The fraction of sp³-hybridized carbons (Fsp3) is 0.259. The van der Waals surface area contributed by atoms with Crippen molar-refractivity contribution in [2.45, 2.75) is 31.6 Å². The summed E-state index contributed by atoms with van der Waals surface area (Å²) in [6, 6.07) is 6.40. The predicted molar refractivity (Wildman–Crippen MR) is 128 cm³/mol. The van der Waals surface area contributed by atoms with Gasteiger partial charge in [-0.2, -0.15) is 39.5 Å². The van der Waals surface area contributed by atoms with E-state index in [-0.39, 0.29) is 34.1 Å². The highest BCUT2D eigenvalue weighted by Crippen LogP contribution is 2.39. The third-order valence-electron chi connectivity index (χ3n) is 5.98. The number of methoxy groups -OCH3 is 2. The van der Waals surface area contributed by atoms with Gasteiger partial charge in [-0.3, -0.25) is 4.90 Å². The van der Waals surface area contributed by atoms with Gasteiger partial charge in [0.25, 0.3) is 0 Å². The first-order valence-electron chi connectivity index (χ1n) is 11.6. The van der Waals surface area contributed by atoms with Crippen molar-refractivity contribution in [3.8, 4) is 16.9 Å². The molecule has 0 spiro atoms. The van der Waals surface area contributed by atoms with Gasteiger partial charge in [-0.25, -0.2) is 9.59 Å². The molecule has 6 nitrogen and oxygen atoms in total. The van der Waals surface area contributed by atoms with Crippen molar-refractivity contribution in [2.75, 3.05) is 14.2 Å². The number of hydrogen-bond donors (Lipinski definition) is 1. The molecule has 0 saturated carbocycles. The van der Waals surface area contributed by atoms with Crippen molar-refractivity contribution < 1.29 is 63.7 Å². The van der Waals surface area contributed by atoms with Crippen LogP contribution in [0.2, 0.25) is 0 Å². The molecular weight excluding hydrogens is 589 g/mol. The highest BCUT2D eigenvalue weighted by atomic mass is 19.4. The number of halogens is 9. The molecule has 0 saturated heterocycles. The smallest absolute Gasteiger partial charge is 0.416 e. The number of aromatic carboxylic acids is 1. The lowest BCUT2D eigenvalue weighted by molar-refractivity contribution is -0.143. The molecule has 42 heavy (non-hydrogen) atoms. The summed E-state index contributed by atoms with van der Waals surface area (Å²) in [5, 5.41) is 9.39. The fourth-order valence-electron chi connectivity index (χ4n) is 4.07. The minimum Gasteiger partial charge on any atom is -0.496 e. The molecule has 0 unspecified atom stereocenters. The van der Waals surface area contributed by atoms with Crippen LogP contribution in [0.25, 0.3) is 11.1 Å². The van der Waals surface area contributed by atoms with Crippen LogP contribution in [0.15, 0.2) is 54.6 Å². The topological polar surface area (TPSA) is 76.1 Å². The Labute approximate surface area is 231 Å². The largest absolute Gasteiger partial charge is 0.496 e. The molecular formula is C27H20F9NO5. The summed E-state index contributed by atoms with van der Waals surface area (Å²) < 4.78 is 131. The molecule has 0 bridgehead atoms. The van der Waals surface area contributed by atoms with Gasteiger partial charge in [0.1, 0.15) is 5.75 Å². The van der Waals surface area contributed by atoms with Crippen molar-refractivity contribution in [2.24, 2.45) is 0 Å². The van der Waals surface area contributed by atoms with Gasteiger partial charge in [-0.05, 0) is 65.2 Å². The zero-order valence-electron chi connectivity index (χ0n) is 21.5. The standard InChI is InChI=1S/C27H20F9NO5/c1-41-22-6-3-15(23(38)39)10-21(22)20-5-4-17(25(28,29)30)9-16(20)13-37(24(40)42-2)12-14-7-18(26(31,32)33)11-19(8-14)27(34,35)36/h3-11H,12-13H2,1-2H3,(H,38,39). The van der Waals surface area contributed by atoms with Gasteiger partial charge in [0.15, 0.2) is 0 Å². The van der Waals surface area contributed by atoms with Crippen LogP contribution in [0.5, 0.6) is 5.75 Å². The monoisotopic (exact) mass is 609 g/mol. The number of carbonyl (C=O) groups excluding carboxylic acids is 1. The minimum atomic E-state index is -5.19. The predicted octanol–water partition coefficient (Wildman–Crippen LogP) is 7.89. The Morgan fingerprint density at radius 3 is 1.76 bits per heavy atom. The van der Waals surface area contributed by atoms with E-state index in [0.29, 0.717) is 29.2 Å². The Kier molecular flexibility index (Phi) is 9.03. The van der Waals surface area contributed by atoms with Crippen LogP contribution in [-0.2, 0) is 36.4 Å². The van der Waals surface area contributed by atoms with E-state index < -0.39 is 65.9 Å². The Balaban J connectivity index is 2.20. The van der Waals surface area contributed by atoms with Crippen LogP contribution in [0.3, 0.4) is 0 Å². The van der Waals surface area contributed by atoms with E-state index in [1.807, 2.05) is 0 Å². The van der Waals surface area contributed by atoms with E-state index in [2.05, 4.69) is 4.74 Å². The van der Waals surface area contributed by atoms with Crippen LogP contribution in [0.1, 0.15) is 38.2 Å². The first kappa shape index (κ1) is 32.1. The number of ether oxygens (including phenoxy) is 2. The first-order chi connectivity index (χ1) is 19.3. The minimum absolute atomic E-state index is 0.00985. The average molecular weight is 609 g/mol. The number of carbonyl (C=O) groups is 2. The summed E-state index contributed by atoms with van der Waals surface area (Å²) in [6.07, 6.45) is -16.5. The molecule has 0 fully saturated rings. The van der Waals surface area contributed by atoms with Crippen molar-refractivity contribution in [1.82, 2.24) is 4.90 Å². The van der Waals surface area contributed by atoms with Crippen LogP contribution < -0.4 is 4.74 Å². The first-order valence-corrected chi connectivity index (χ1v) is 11.6. The molecule has 0 radical (unpaired) electrons. The number of nitrogens with zero attached hydrogens (tertiary/aromatic N) is 1. The highest BCUT2D eigenvalue weighted by molar-refractivity contribution is 5.91. The van der Waals surface area contributed by atoms with Crippen molar-refractivity contribution >= 4 is 12.1 Å². The summed E-state index contributed by atoms with van der Waals surface area (Å²) >= 11 is 0. The van der Waals surface area contributed by atoms with Gasteiger partial charge in [0.2, 0.25) is 0 Å². The molecule has 0 aliphatic rings. The Morgan fingerprint density at radius 1 is 0.714 bits per heavy atom. The molecule has 15 heteroatoms. The second kappa shape index (κ2) is 11.8. The van der Waals surface area contributed by atoms with E-state index in [1.54, 1.807) is 0 Å². The molecule has 226 valence electrons. The highest BCUT2D eigenvalue weighted by Gasteiger charge is 2.37. The molecule has 0 aliphatic carbocycles. The van der Waals surface area contributed by atoms with Gasteiger partial charge in [0, 0.05) is 18.7 Å². The quantitative estimate of drug-likeness (QED) is 0.276. The Hall–Kier alpha value is -4.43. The summed E-state index contributed by atoms with van der Waals surface area (Å²) in [5.41, 5.74) is -5.79. The Morgan fingerprint density at radius 2 is 1.29 bits per heavy atom. The molecule has 1 amide bonds. The van der Waals surface area contributed by atoms with Crippen LogP contribution in [-0.4, -0.2) is 36.3 Å². The number of rotatable bonds is 7. The molecule has 0 heterocycles. The van der Waals surface area contributed by atoms with Crippen molar-refractivity contribution in [1.29, 1.82) is 0 Å². The number of alkyl halides is 9. The van der Waals surface area contributed by atoms with Crippen LogP contribution >= 0.6 is 0 Å². The van der Waals surface area contributed by atoms with Gasteiger partial charge < -0.3 is 14.6 Å². The number of hydrogen-bond acceptors (Lipinski definition) is 4. The second-order valence-corrected chi connectivity index (χ2v) is 8.83. The number of benzene rings is 3. The molecule has 3 rings (SSSR count). The summed E-state index contributed by atoms with van der Waals surface area (Å²) in [5.74, 6) is -1.35. The van der Waals surface area contributed by atoms with Gasteiger partial charge >= 0.3 is 30.6 Å². The maximum absolute atomic E-state index is 13.6. The van der Waals surface area contributed by atoms with Crippen molar-refractivity contribution in [3.63, 3.8) is 0 Å². The van der Waals surface area contributed by atoms with Gasteiger partial charge in [-0.1, -0.05) is 6.07 Å². The molecule has 0 aromatic heterocycles. The lowest BCUT2D eigenvalue weighted by Gasteiger charge is -2.25. The summed E-state index contributed by atoms with van der Waals surface area (Å²) in [6.45, 7) is -1.73. The lowest BCUT2D eigenvalue weighted by Crippen LogP contribution is -2.30. The van der Waals surface area contributed by atoms with E-state index in [0.717, 1.165) is 19.2 Å². The van der Waals surface area contributed by atoms with Gasteiger partial charge in [-0.15, -0.1) is 0 Å². The maximum Gasteiger partial charge on any atom is 0.416 e. The molecule has 1 N–H and O–H groups in total. The van der Waals surface area contributed by atoms with Crippen LogP contribution in [0, 0.1) is 0 Å². The third kappa shape index (κ3) is 7.44. The zero-order valence-corrected chi connectivity index (χ0v) is 21.5. The maximum atomic E-state index is 13.6. The molecule has 3 aromatic carbocycles. The SMILES string of the molecule is COC(=O)N(Cc1cc(C(F)(F)F)cc(C(F)(F)F)c1)Cc1cc(C(F)(F)F)ccc1-c1cc(C(=O)O)ccc1OC. The zero-order chi connectivity index (χ0) is 31.6. The van der Waals surface area contributed by atoms with E-state index >= 15 is 0 Å². The lowest BCUT2D eigenvalue weighted by atomic mass is 9.94. The normalized spacial score (nSPS) is 12.2. The molecule has 0 aliphatic heterocycles. The molecule has 0 atom stereocenters. The summed E-state index contributed by atoms with van der Waals surface area (Å²) in [7, 11) is 2.06. The number of carboxylic acid groups (broad SMARTS) is 1. The second-order valence-electron chi connectivity index (χ2n) is 8.83. The third-order valence-corrected chi connectivity index (χ3v) is 5.98. The van der Waals surface area contributed by atoms with E-state index in [1.165, 1.54) is 19.2 Å². The van der Waals surface area contributed by atoms with Gasteiger partial charge in [0.05, 0.1) is 36.5 Å².